The number of hydrogen-bond donors (Lipinski definition) is 2. The third-order valence-electron chi connectivity index (χ3n) is 2.01. The van der Waals surface area contributed by atoms with Crippen molar-refractivity contribution in [1.82, 2.24) is 0 Å². The van der Waals surface area contributed by atoms with E-state index < -0.39 is 11.7 Å². The first-order valence-electron chi connectivity index (χ1n) is 5.04. The standard InChI is InChI=1S/C11H11BrFN3O2/c12-10-7(5-14)1-2-8(11(10)13)16-3-4-18-6-9(15)17/h1-2,16H,3-4,6H2,(H2,15,17). The molecule has 0 aliphatic carbocycles. The molecule has 5 nitrogen and oxygen atoms in total. The number of hydrogen-bond acceptors (Lipinski definition) is 4. The van der Waals surface area contributed by atoms with Crippen molar-refractivity contribution in [2.45, 2.75) is 0 Å². The molecular weight excluding hydrogens is 305 g/mol. The molecule has 1 aromatic rings. The number of rotatable bonds is 6. The zero-order valence-corrected chi connectivity index (χ0v) is 11.0. The highest BCUT2D eigenvalue weighted by Crippen LogP contribution is 2.26. The van der Waals surface area contributed by atoms with Gasteiger partial charge >= 0.3 is 0 Å². The third kappa shape index (κ3) is 3.98. The predicted molar refractivity (Wildman–Crippen MR) is 67.3 cm³/mol. The summed E-state index contributed by atoms with van der Waals surface area (Å²) in [5.74, 6) is -1.09. The Balaban J connectivity index is 2.51. The number of carbonyl (C=O) groups excluding carboxylic acids is 1. The van der Waals surface area contributed by atoms with Gasteiger partial charge in [-0.3, -0.25) is 4.79 Å². The van der Waals surface area contributed by atoms with Crippen molar-refractivity contribution in [3.8, 4) is 6.07 Å². The summed E-state index contributed by atoms with van der Waals surface area (Å²) in [5.41, 5.74) is 5.36. The van der Waals surface area contributed by atoms with Gasteiger partial charge in [0, 0.05) is 6.54 Å². The number of carbonyl (C=O) groups is 1. The minimum absolute atomic E-state index is 0.119. The minimum atomic E-state index is -0.553. The highest BCUT2D eigenvalue weighted by molar-refractivity contribution is 9.10. The second-order valence-electron chi connectivity index (χ2n) is 3.35. The summed E-state index contributed by atoms with van der Waals surface area (Å²) in [7, 11) is 0. The van der Waals surface area contributed by atoms with Gasteiger partial charge in [0.1, 0.15) is 12.7 Å². The number of nitrogens with two attached hydrogens (primary N) is 1. The molecule has 3 N–H and O–H groups in total. The number of anilines is 1. The summed E-state index contributed by atoms with van der Waals surface area (Å²) in [5, 5.41) is 11.5. The Kier molecular flexibility index (Phi) is 5.55. The summed E-state index contributed by atoms with van der Waals surface area (Å²) in [6, 6.07) is 4.83. The van der Waals surface area contributed by atoms with Crippen LogP contribution in [-0.2, 0) is 9.53 Å². The normalized spacial score (nSPS) is 9.83. The quantitative estimate of drug-likeness (QED) is 0.776. The minimum Gasteiger partial charge on any atom is -0.380 e. The molecule has 0 atom stereocenters. The fourth-order valence-electron chi connectivity index (χ4n) is 1.20. The fraction of sp³-hybridized carbons (Fsp3) is 0.273. The zero-order valence-electron chi connectivity index (χ0n) is 9.37. The van der Waals surface area contributed by atoms with Gasteiger partial charge in [-0.1, -0.05) is 0 Å². The van der Waals surface area contributed by atoms with Crippen LogP contribution in [0.2, 0.25) is 0 Å². The lowest BCUT2D eigenvalue weighted by atomic mass is 10.2. The van der Waals surface area contributed by atoms with Crippen molar-refractivity contribution < 1.29 is 13.9 Å². The Hall–Kier alpha value is -1.65. The summed E-state index contributed by atoms with van der Waals surface area (Å²) < 4.78 is 18.7. The molecule has 0 unspecified atom stereocenters. The van der Waals surface area contributed by atoms with Gasteiger partial charge in [0.15, 0.2) is 5.82 Å². The van der Waals surface area contributed by atoms with Crippen LogP contribution < -0.4 is 11.1 Å². The Morgan fingerprint density at radius 2 is 2.33 bits per heavy atom. The largest absolute Gasteiger partial charge is 0.380 e. The molecule has 0 spiro atoms. The number of benzene rings is 1. The van der Waals surface area contributed by atoms with Gasteiger partial charge in [-0.2, -0.15) is 5.26 Å². The zero-order chi connectivity index (χ0) is 13.5. The monoisotopic (exact) mass is 315 g/mol. The fourth-order valence-corrected chi connectivity index (χ4v) is 1.64. The number of nitrogens with one attached hydrogen (secondary N) is 1. The van der Waals surface area contributed by atoms with Gasteiger partial charge in [0.05, 0.1) is 22.3 Å². The van der Waals surface area contributed by atoms with Crippen molar-refractivity contribution >= 4 is 27.5 Å². The molecule has 1 amide bonds. The lowest BCUT2D eigenvalue weighted by molar-refractivity contribution is -0.122. The van der Waals surface area contributed by atoms with Crippen molar-refractivity contribution in [3.63, 3.8) is 0 Å². The van der Waals surface area contributed by atoms with Crippen molar-refractivity contribution in [2.24, 2.45) is 5.73 Å². The number of halogens is 2. The summed E-state index contributed by atoms with van der Waals surface area (Å²) in [4.78, 5) is 10.4. The van der Waals surface area contributed by atoms with Crippen LogP contribution in [0, 0.1) is 17.1 Å². The van der Waals surface area contributed by atoms with Crippen molar-refractivity contribution in [3.05, 3.63) is 28.0 Å². The second kappa shape index (κ2) is 6.93. The Bertz CT molecular complexity index is 488. The van der Waals surface area contributed by atoms with E-state index in [0.29, 0.717) is 6.54 Å². The second-order valence-corrected chi connectivity index (χ2v) is 4.14. The highest BCUT2D eigenvalue weighted by Gasteiger charge is 2.10. The molecule has 1 rings (SSSR count). The first-order chi connectivity index (χ1) is 8.56. The molecule has 0 saturated heterocycles. The molecule has 96 valence electrons. The number of nitriles is 1. The predicted octanol–water partition coefficient (Wildman–Crippen LogP) is 1.37. The molecule has 0 aliphatic heterocycles. The first kappa shape index (κ1) is 14.4. The average molecular weight is 316 g/mol. The van der Waals surface area contributed by atoms with Crippen LogP contribution in [0.25, 0.3) is 0 Å². The Morgan fingerprint density at radius 1 is 1.61 bits per heavy atom. The van der Waals surface area contributed by atoms with Gasteiger partial charge in [-0.05, 0) is 28.1 Å². The van der Waals surface area contributed by atoms with Gasteiger partial charge < -0.3 is 15.8 Å². The van der Waals surface area contributed by atoms with Gasteiger partial charge in [-0.25, -0.2) is 4.39 Å². The van der Waals surface area contributed by atoms with E-state index in [1.807, 2.05) is 6.07 Å². The van der Waals surface area contributed by atoms with E-state index in [2.05, 4.69) is 21.2 Å². The molecule has 0 aromatic heterocycles. The average Bonchev–Trinajstić information content (AvgIpc) is 2.33. The van der Waals surface area contributed by atoms with E-state index in [-0.39, 0.29) is 28.9 Å². The number of ether oxygens (including phenoxy) is 1. The lowest BCUT2D eigenvalue weighted by Crippen LogP contribution is -2.20. The number of nitrogens with zero attached hydrogens (tertiary/aromatic N) is 1. The smallest absolute Gasteiger partial charge is 0.243 e. The van der Waals surface area contributed by atoms with Crippen LogP contribution in [0.3, 0.4) is 0 Å². The van der Waals surface area contributed by atoms with Crippen molar-refractivity contribution in [1.29, 1.82) is 5.26 Å². The van der Waals surface area contributed by atoms with Crippen LogP contribution in [0.1, 0.15) is 5.56 Å². The highest BCUT2D eigenvalue weighted by atomic mass is 79.9. The molecule has 0 saturated carbocycles. The van der Waals surface area contributed by atoms with Gasteiger partial charge in [-0.15, -0.1) is 0 Å². The van der Waals surface area contributed by atoms with Crippen LogP contribution in [0.5, 0.6) is 0 Å². The molecule has 0 fully saturated rings. The summed E-state index contributed by atoms with van der Waals surface area (Å²) >= 11 is 3.00. The summed E-state index contributed by atoms with van der Waals surface area (Å²) in [6.07, 6.45) is 0. The molecule has 0 heterocycles. The SMILES string of the molecule is N#Cc1ccc(NCCOCC(N)=O)c(F)c1Br. The third-order valence-corrected chi connectivity index (χ3v) is 2.78. The Labute approximate surface area is 112 Å². The van der Waals surface area contributed by atoms with Crippen LogP contribution in [0.4, 0.5) is 10.1 Å². The topological polar surface area (TPSA) is 88.1 Å². The van der Waals surface area contributed by atoms with Crippen molar-refractivity contribution in [2.75, 3.05) is 25.1 Å². The van der Waals surface area contributed by atoms with E-state index in [9.17, 15) is 9.18 Å². The molecule has 18 heavy (non-hydrogen) atoms. The van der Waals surface area contributed by atoms with E-state index in [0.717, 1.165) is 0 Å². The number of primary amides is 1. The maximum atomic E-state index is 13.7. The Morgan fingerprint density at radius 3 is 2.94 bits per heavy atom. The lowest BCUT2D eigenvalue weighted by Gasteiger charge is -2.09. The molecule has 1 aromatic carbocycles. The summed E-state index contributed by atoms with van der Waals surface area (Å²) in [6.45, 7) is 0.379. The van der Waals surface area contributed by atoms with E-state index >= 15 is 0 Å². The molecule has 0 aliphatic rings. The van der Waals surface area contributed by atoms with Gasteiger partial charge in [0.2, 0.25) is 5.91 Å². The van der Waals surface area contributed by atoms with E-state index in [1.54, 1.807) is 0 Å². The maximum absolute atomic E-state index is 13.7. The molecule has 7 heteroatoms. The number of amides is 1. The molecular formula is C11H11BrFN3O2. The maximum Gasteiger partial charge on any atom is 0.243 e. The van der Waals surface area contributed by atoms with Crippen LogP contribution >= 0.6 is 15.9 Å². The van der Waals surface area contributed by atoms with Crippen LogP contribution in [0.15, 0.2) is 16.6 Å². The molecule has 0 bridgehead atoms. The van der Waals surface area contributed by atoms with E-state index in [1.165, 1.54) is 12.1 Å². The first-order valence-corrected chi connectivity index (χ1v) is 5.83. The van der Waals surface area contributed by atoms with E-state index in [4.69, 9.17) is 15.7 Å². The van der Waals surface area contributed by atoms with Crippen LogP contribution in [-0.4, -0.2) is 25.7 Å². The van der Waals surface area contributed by atoms with Gasteiger partial charge in [0.25, 0.3) is 0 Å². The molecule has 0 radical (unpaired) electrons.